The summed E-state index contributed by atoms with van der Waals surface area (Å²) in [5.74, 6) is 0.163. The minimum Gasteiger partial charge on any atom is -0.465 e. The maximum absolute atomic E-state index is 13.7. The quantitative estimate of drug-likeness (QED) is 0.0650. The van der Waals surface area contributed by atoms with Crippen molar-refractivity contribution in [2.24, 2.45) is 5.41 Å². The molecule has 0 unspecified atom stereocenters. The van der Waals surface area contributed by atoms with Crippen molar-refractivity contribution in [3.63, 3.8) is 0 Å². The van der Waals surface area contributed by atoms with Gasteiger partial charge in [-0.15, -0.1) is 0 Å². The Morgan fingerprint density at radius 1 is 0.395 bits per heavy atom. The van der Waals surface area contributed by atoms with E-state index in [9.17, 15) is 4.79 Å². The molecule has 0 N–H and O–H groups in total. The third-order valence-electron chi connectivity index (χ3n) is 8.69. The summed E-state index contributed by atoms with van der Waals surface area (Å²) < 4.78 is 6.09. The average Bonchev–Trinajstić information content (AvgIpc) is 2.92. The number of unbranched alkanes of at least 4 members (excludes halogenated alkanes) is 22. The highest BCUT2D eigenvalue weighted by Crippen LogP contribution is 2.39. The number of carbonyl (C=O) groups is 1. The lowest BCUT2D eigenvalue weighted by Crippen LogP contribution is -2.34. The van der Waals surface area contributed by atoms with Gasteiger partial charge in [0.05, 0.1) is 12.0 Å². The number of rotatable bonds is 31. The first-order valence-electron chi connectivity index (χ1n) is 17.8. The monoisotopic (exact) mass is 537 g/mol. The van der Waals surface area contributed by atoms with Crippen LogP contribution in [0.15, 0.2) is 0 Å². The molecule has 38 heavy (non-hydrogen) atoms. The van der Waals surface area contributed by atoms with E-state index in [1.54, 1.807) is 0 Å². The van der Waals surface area contributed by atoms with Crippen LogP contribution in [0.4, 0.5) is 0 Å². The van der Waals surface area contributed by atoms with E-state index < -0.39 is 0 Å². The van der Waals surface area contributed by atoms with Gasteiger partial charge in [0.1, 0.15) is 0 Å². The van der Waals surface area contributed by atoms with E-state index in [2.05, 4.69) is 27.7 Å². The number of ether oxygens (including phenoxy) is 1. The first-order chi connectivity index (χ1) is 18.7. The van der Waals surface area contributed by atoms with Crippen LogP contribution >= 0.6 is 0 Å². The first-order valence-corrected chi connectivity index (χ1v) is 17.8. The summed E-state index contributed by atoms with van der Waals surface area (Å²) in [6.07, 6.45) is 36.9. The molecule has 0 aliphatic heterocycles. The second-order valence-corrected chi connectivity index (χ2v) is 12.4. The predicted molar refractivity (Wildman–Crippen MR) is 170 cm³/mol. The van der Waals surface area contributed by atoms with Gasteiger partial charge in [0.2, 0.25) is 0 Å². The van der Waals surface area contributed by atoms with Gasteiger partial charge in [-0.3, -0.25) is 4.79 Å². The molecule has 0 radical (unpaired) electrons. The van der Waals surface area contributed by atoms with Crippen LogP contribution < -0.4 is 0 Å². The predicted octanol–water partition coefficient (Wildman–Crippen LogP) is 12.9. The van der Waals surface area contributed by atoms with Gasteiger partial charge in [-0.25, -0.2) is 0 Å². The van der Waals surface area contributed by atoms with Crippen molar-refractivity contribution >= 4 is 5.97 Å². The van der Waals surface area contributed by atoms with Gasteiger partial charge in [0.25, 0.3) is 0 Å². The maximum Gasteiger partial charge on any atom is 0.312 e. The molecule has 0 fully saturated rings. The van der Waals surface area contributed by atoms with Crippen molar-refractivity contribution < 1.29 is 9.53 Å². The van der Waals surface area contributed by atoms with Crippen molar-refractivity contribution in [3.8, 4) is 0 Å². The third kappa shape index (κ3) is 22.3. The van der Waals surface area contributed by atoms with Crippen LogP contribution in [0.1, 0.15) is 214 Å². The highest BCUT2D eigenvalue weighted by atomic mass is 16.5. The summed E-state index contributed by atoms with van der Waals surface area (Å²) in [4.78, 5) is 13.7. The largest absolute Gasteiger partial charge is 0.465 e. The molecule has 0 bridgehead atoms. The molecule has 0 rings (SSSR count). The lowest BCUT2D eigenvalue weighted by molar-refractivity contribution is -0.158. The summed E-state index contributed by atoms with van der Waals surface area (Å²) in [5.41, 5.74) is -0.222. The second-order valence-electron chi connectivity index (χ2n) is 12.4. The normalized spacial score (nSPS) is 11.8. The van der Waals surface area contributed by atoms with Gasteiger partial charge in [-0.05, 0) is 25.7 Å². The van der Waals surface area contributed by atoms with Gasteiger partial charge < -0.3 is 4.74 Å². The van der Waals surface area contributed by atoms with Gasteiger partial charge in [-0.1, -0.05) is 188 Å². The number of carbonyl (C=O) groups excluding carboxylic acids is 1. The number of hydrogen-bond donors (Lipinski definition) is 0. The molecule has 0 aromatic carbocycles. The smallest absolute Gasteiger partial charge is 0.312 e. The van der Waals surface area contributed by atoms with Gasteiger partial charge >= 0.3 is 5.97 Å². The van der Waals surface area contributed by atoms with Crippen LogP contribution in [0.3, 0.4) is 0 Å². The molecule has 0 aliphatic rings. The Labute approximate surface area is 241 Å². The van der Waals surface area contributed by atoms with Crippen molar-refractivity contribution in [2.45, 2.75) is 214 Å². The first kappa shape index (κ1) is 37.5. The molecule has 0 saturated heterocycles. The Morgan fingerprint density at radius 2 is 0.658 bits per heavy atom. The molecule has 0 aromatic rings. The molecule has 2 nitrogen and oxygen atoms in total. The van der Waals surface area contributed by atoms with Crippen molar-refractivity contribution in [2.75, 3.05) is 6.61 Å². The fraction of sp³-hybridized carbons (Fsp3) is 0.972. The zero-order valence-electron chi connectivity index (χ0n) is 27.0. The minimum atomic E-state index is -0.222. The van der Waals surface area contributed by atoms with Gasteiger partial charge in [0, 0.05) is 0 Å². The minimum absolute atomic E-state index is 0.163. The summed E-state index contributed by atoms with van der Waals surface area (Å²) >= 11 is 0. The Balaban J connectivity index is 4.98. The SMILES string of the molecule is CCCCCCCCCCC(CCCCCCCC)(CCCCCCCC)C(=O)OCCCCCCCC. The van der Waals surface area contributed by atoms with E-state index in [0.29, 0.717) is 6.61 Å². The standard InChI is InChI=1S/C36H72O2/c1-5-9-13-17-21-22-25-29-33-36(31-27-23-18-14-10-6-2,32-28-24-19-15-11-7-3)35(37)38-34-30-26-20-16-12-8-4/h5-34H2,1-4H3. The van der Waals surface area contributed by atoms with Gasteiger partial charge in [-0.2, -0.15) is 0 Å². The molecule has 228 valence electrons. The molecule has 0 saturated carbocycles. The Bertz CT molecular complexity index is 456. The highest BCUT2D eigenvalue weighted by Gasteiger charge is 2.38. The van der Waals surface area contributed by atoms with E-state index >= 15 is 0 Å². The summed E-state index contributed by atoms with van der Waals surface area (Å²) in [6, 6.07) is 0. The van der Waals surface area contributed by atoms with Crippen molar-refractivity contribution in [1.82, 2.24) is 0 Å². The Kier molecular flexibility index (Phi) is 29.0. The maximum atomic E-state index is 13.7. The fourth-order valence-electron chi connectivity index (χ4n) is 5.97. The summed E-state index contributed by atoms with van der Waals surface area (Å²) in [6.45, 7) is 9.77. The molecule has 0 aliphatic carbocycles. The molecular weight excluding hydrogens is 464 g/mol. The second kappa shape index (κ2) is 29.5. The van der Waals surface area contributed by atoms with Crippen LogP contribution in [-0.4, -0.2) is 12.6 Å². The van der Waals surface area contributed by atoms with Crippen LogP contribution in [0.2, 0.25) is 0 Å². The Morgan fingerprint density at radius 3 is 0.974 bits per heavy atom. The van der Waals surface area contributed by atoms with Crippen LogP contribution in [-0.2, 0) is 9.53 Å². The van der Waals surface area contributed by atoms with Crippen LogP contribution in [0, 0.1) is 5.41 Å². The molecule has 0 aromatic heterocycles. The van der Waals surface area contributed by atoms with Crippen LogP contribution in [0.5, 0.6) is 0 Å². The lowest BCUT2D eigenvalue weighted by atomic mass is 9.74. The lowest BCUT2D eigenvalue weighted by Gasteiger charge is -2.32. The zero-order valence-corrected chi connectivity index (χ0v) is 27.0. The third-order valence-corrected chi connectivity index (χ3v) is 8.69. The molecule has 0 heterocycles. The summed E-state index contributed by atoms with van der Waals surface area (Å²) in [5, 5.41) is 0. The van der Waals surface area contributed by atoms with E-state index in [-0.39, 0.29) is 11.4 Å². The number of esters is 1. The average molecular weight is 537 g/mol. The van der Waals surface area contributed by atoms with Crippen molar-refractivity contribution in [1.29, 1.82) is 0 Å². The topological polar surface area (TPSA) is 26.3 Å². The molecule has 0 atom stereocenters. The van der Waals surface area contributed by atoms with E-state index in [4.69, 9.17) is 4.74 Å². The molecular formula is C36H72O2. The molecule has 0 spiro atoms. The van der Waals surface area contributed by atoms with E-state index in [1.165, 1.54) is 161 Å². The van der Waals surface area contributed by atoms with E-state index in [1.807, 2.05) is 0 Å². The number of hydrogen-bond acceptors (Lipinski definition) is 2. The fourth-order valence-corrected chi connectivity index (χ4v) is 5.97. The zero-order chi connectivity index (χ0) is 28.0. The van der Waals surface area contributed by atoms with E-state index in [0.717, 1.165) is 25.7 Å². The Hall–Kier alpha value is -0.530. The molecule has 2 heteroatoms. The molecule has 0 amide bonds. The van der Waals surface area contributed by atoms with Crippen LogP contribution in [0.25, 0.3) is 0 Å². The highest BCUT2D eigenvalue weighted by molar-refractivity contribution is 5.76. The summed E-state index contributed by atoms with van der Waals surface area (Å²) in [7, 11) is 0. The van der Waals surface area contributed by atoms with Crippen molar-refractivity contribution in [3.05, 3.63) is 0 Å². The van der Waals surface area contributed by atoms with Gasteiger partial charge in [0.15, 0.2) is 0 Å².